The van der Waals surface area contributed by atoms with Crippen molar-refractivity contribution in [1.29, 1.82) is 0 Å². The van der Waals surface area contributed by atoms with Gasteiger partial charge in [0.15, 0.2) is 6.61 Å². The van der Waals surface area contributed by atoms with Crippen molar-refractivity contribution in [2.45, 2.75) is 83.5 Å². The number of unbranched alkanes of at least 4 members (excludes halogenated alkanes) is 1. The fourth-order valence-corrected chi connectivity index (χ4v) is 7.40. The van der Waals surface area contributed by atoms with Gasteiger partial charge in [0.1, 0.15) is 36.2 Å². The summed E-state index contributed by atoms with van der Waals surface area (Å²) in [7, 11) is 0. The van der Waals surface area contributed by atoms with Crippen molar-refractivity contribution in [1.82, 2.24) is 16.0 Å². The Kier molecular flexibility index (Phi) is 28.7. The van der Waals surface area contributed by atoms with E-state index in [1.54, 1.807) is 0 Å². The van der Waals surface area contributed by atoms with Crippen LogP contribution in [0.15, 0.2) is 116 Å². The molecule has 376 valence electrons. The molecule has 0 aromatic heterocycles. The molecule has 0 saturated heterocycles. The average molecular weight is 1030 g/mol. The van der Waals surface area contributed by atoms with Gasteiger partial charge >= 0.3 is 11.9 Å². The Morgan fingerprint density at radius 1 is 0.681 bits per heavy atom. The van der Waals surface area contributed by atoms with E-state index in [0.717, 1.165) is 44.7 Å². The minimum absolute atomic E-state index is 0. The van der Waals surface area contributed by atoms with Gasteiger partial charge in [-0.2, -0.15) is 27.0 Å². The predicted molar refractivity (Wildman–Crippen MR) is 275 cm³/mol. The maximum atomic E-state index is 14.1. The number of fused-ring (bicyclic) bond motifs is 2. The molecular weight excluding hydrogens is 958 g/mol. The molecule has 14 nitrogen and oxygen atoms in total. The number of hydrogen-bond acceptors (Lipinski definition) is 7. The van der Waals surface area contributed by atoms with Crippen molar-refractivity contribution in [2.75, 3.05) is 26.3 Å². The number of rotatable bonds is 26. The summed E-state index contributed by atoms with van der Waals surface area (Å²) in [6, 6.07) is 29.9. The second-order valence-electron chi connectivity index (χ2n) is 16.4. The number of nitrogens with two attached hydrogens (primary N) is 2. The van der Waals surface area contributed by atoms with E-state index in [4.69, 9.17) is 25.7 Å². The zero-order valence-electron chi connectivity index (χ0n) is 39.4. The second-order valence-corrected chi connectivity index (χ2v) is 16.4. The van der Waals surface area contributed by atoms with Crippen LogP contribution >= 0.6 is 27.0 Å². The van der Waals surface area contributed by atoms with Gasteiger partial charge in [0.2, 0.25) is 11.8 Å². The summed E-state index contributed by atoms with van der Waals surface area (Å²) in [5.74, 6) is -0.718. The maximum Gasteiger partial charge on any atom is 0.338 e. The molecule has 3 amide bonds. The summed E-state index contributed by atoms with van der Waals surface area (Å²) in [6.45, 7) is 9.15. The van der Waals surface area contributed by atoms with Crippen molar-refractivity contribution in [3.05, 3.63) is 121 Å². The highest BCUT2D eigenvalue weighted by Crippen LogP contribution is 2.45. The Bertz CT molecular complexity index is 2430. The Morgan fingerprint density at radius 2 is 1.22 bits per heavy atom. The maximum absolute atomic E-state index is 14.1. The molecule has 0 spiro atoms. The summed E-state index contributed by atoms with van der Waals surface area (Å²) < 4.78 is 18.4. The van der Waals surface area contributed by atoms with Crippen LogP contribution in [0.25, 0.3) is 32.7 Å². The van der Waals surface area contributed by atoms with E-state index in [9.17, 15) is 19.2 Å². The number of carbonyl (C=O) groups is 4. The van der Waals surface area contributed by atoms with E-state index < -0.39 is 48.4 Å². The fourth-order valence-electron chi connectivity index (χ4n) is 7.40. The van der Waals surface area contributed by atoms with Crippen LogP contribution < -0.4 is 72.4 Å². The van der Waals surface area contributed by atoms with Gasteiger partial charge in [-0.3, -0.25) is 30.8 Å². The summed E-state index contributed by atoms with van der Waals surface area (Å²) in [6.07, 6.45) is 4.58. The zero-order valence-corrected chi connectivity index (χ0v) is 42.9. The number of benzene rings is 5. The van der Waals surface area contributed by atoms with Crippen molar-refractivity contribution < 1.29 is 68.9 Å². The summed E-state index contributed by atoms with van der Waals surface area (Å²) in [5, 5.41) is 12.4. The predicted octanol–water partition coefficient (Wildman–Crippen LogP) is -1.98. The zero-order chi connectivity index (χ0) is 46.6. The second kappa shape index (κ2) is 32.2. The highest BCUT2D eigenvalue weighted by atomic mass is 35.5. The standard InChI is InChI=1S/C51H63N7O7.2ClH.2H2S/c1-4-15-42(50(62)65-32-35-16-6-5-7-17-35)58-49(61)41(23-14-30-55-51(53)54)57-48(60)40(22-12-13-29-52)56-45(59)33-64-44-27-25-37-19-9-11-21-39(37)47(44)46-38-20-10-8-18-36(38)24-26-43(46)63-31-28-34(2)3;;;;/h4-11,16-21,24-27,34,40-42H,1,12-15,22-23,28-33,52H2,2-3H3,(H,56,59)(H,57,60)(H,58,61)(H4,53,54,55);2*1H;2*1H2/t40-,41-,42+;;;;/m1..../s1. The average Bonchev–Trinajstić information content (AvgIpc) is 3.30. The van der Waals surface area contributed by atoms with Crippen LogP contribution in [0, 0.1) is 5.92 Å². The molecule has 0 fully saturated rings. The number of ether oxygens (including phenoxy) is 3. The van der Waals surface area contributed by atoms with Gasteiger partial charge in [-0.15, -0.1) is 6.58 Å². The molecule has 0 unspecified atom stereocenters. The van der Waals surface area contributed by atoms with E-state index in [2.05, 4.69) is 59.2 Å². The Hall–Kier alpha value is -5.65. The van der Waals surface area contributed by atoms with Gasteiger partial charge in [-0.05, 0) is 90.1 Å². The fraction of sp³-hybridized carbons (Fsp3) is 0.353. The van der Waals surface area contributed by atoms with Crippen LogP contribution in [0.1, 0.15) is 64.4 Å². The quantitative estimate of drug-likeness (QED) is 0.0107. The molecule has 0 heterocycles. The molecular formula is C51H69Cl2N7O7S2. The molecule has 0 saturated carbocycles. The van der Waals surface area contributed by atoms with Gasteiger partial charge < -0.3 is 60.7 Å². The lowest BCUT2D eigenvalue weighted by Crippen LogP contribution is -3.00. The molecule has 5 aromatic rings. The van der Waals surface area contributed by atoms with Crippen LogP contribution in [0.5, 0.6) is 11.5 Å². The third-order valence-corrected chi connectivity index (χ3v) is 10.8. The molecule has 69 heavy (non-hydrogen) atoms. The molecule has 3 atom stereocenters. The Morgan fingerprint density at radius 3 is 1.78 bits per heavy atom. The number of guanidine groups is 1. The number of halogens is 2. The van der Waals surface area contributed by atoms with Crippen LogP contribution in [0.4, 0.5) is 0 Å². The molecule has 18 heteroatoms. The number of hydrogen-bond donors (Lipinski definition) is 7. The number of amides is 3. The van der Waals surface area contributed by atoms with E-state index in [0.29, 0.717) is 56.4 Å². The van der Waals surface area contributed by atoms with Crippen molar-refractivity contribution >= 4 is 78.2 Å². The lowest BCUT2D eigenvalue weighted by molar-refractivity contribution is -0.459. The van der Waals surface area contributed by atoms with Gasteiger partial charge in [-0.25, -0.2) is 4.79 Å². The lowest BCUT2D eigenvalue weighted by Gasteiger charge is -2.25. The SMILES string of the molecule is C=CC[C@H](NC(=O)[C@@H](CCC[NH+]=C(N)N)NC(=O)[C@@H](CCCC[NH3+])NC(=O)COc1ccc2ccccc2c1-c1c(OCCC(C)C)ccc2ccccc12)C(=O)OCc1ccccc1.S.S.[Cl-].[Cl-]. The first-order chi connectivity index (χ1) is 31.5. The van der Waals surface area contributed by atoms with Crippen LogP contribution in [0.2, 0.25) is 0 Å². The summed E-state index contributed by atoms with van der Waals surface area (Å²) in [4.78, 5) is 57.9. The third kappa shape index (κ3) is 19.0. The molecule has 0 aliphatic carbocycles. The summed E-state index contributed by atoms with van der Waals surface area (Å²) >= 11 is 0. The molecule has 5 aromatic carbocycles. The van der Waals surface area contributed by atoms with E-state index in [1.165, 1.54) is 6.08 Å². The largest absolute Gasteiger partial charge is 1.00 e. The van der Waals surface area contributed by atoms with Gasteiger partial charge in [0.25, 0.3) is 5.91 Å². The molecule has 11 N–H and O–H groups in total. The first-order valence-corrected chi connectivity index (χ1v) is 22.4. The first-order valence-electron chi connectivity index (χ1n) is 22.4. The monoisotopic (exact) mass is 1030 g/mol. The van der Waals surface area contributed by atoms with Crippen molar-refractivity contribution in [3.8, 4) is 22.6 Å². The van der Waals surface area contributed by atoms with Gasteiger partial charge in [0.05, 0.1) is 19.7 Å². The number of nitrogens with one attached hydrogen (secondary N) is 4. The van der Waals surface area contributed by atoms with Crippen molar-refractivity contribution in [3.63, 3.8) is 0 Å². The highest BCUT2D eigenvalue weighted by Gasteiger charge is 2.30. The molecule has 0 aliphatic rings. The molecule has 0 aliphatic heterocycles. The summed E-state index contributed by atoms with van der Waals surface area (Å²) in [5.41, 5.74) is 17.5. The third-order valence-electron chi connectivity index (χ3n) is 10.8. The van der Waals surface area contributed by atoms with Gasteiger partial charge in [-0.1, -0.05) is 111 Å². The van der Waals surface area contributed by atoms with Crippen LogP contribution in [0.3, 0.4) is 0 Å². The molecule has 5 rings (SSSR count). The topological polar surface area (TPSA) is 226 Å². The van der Waals surface area contributed by atoms with Gasteiger partial charge in [0, 0.05) is 11.1 Å². The Labute approximate surface area is 432 Å². The van der Waals surface area contributed by atoms with E-state index in [1.807, 2.05) is 91.0 Å². The van der Waals surface area contributed by atoms with Crippen molar-refractivity contribution in [2.24, 2.45) is 17.4 Å². The first kappa shape index (κ1) is 61.4. The smallest absolute Gasteiger partial charge is 0.338 e. The van der Waals surface area contributed by atoms with E-state index in [-0.39, 0.29) is 83.6 Å². The highest BCUT2D eigenvalue weighted by molar-refractivity contribution is 7.59. The molecule has 0 radical (unpaired) electrons. The lowest BCUT2D eigenvalue weighted by atomic mass is 9.92. The normalized spacial score (nSPS) is 11.7. The number of quaternary nitrogens is 1. The van der Waals surface area contributed by atoms with Crippen LogP contribution in [-0.4, -0.2) is 74.1 Å². The Balaban J connectivity index is 0.00000595. The molecule has 0 bridgehead atoms. The minimum atomic E-state index is -1.10. The number of carbonyl (C=O) groups excluding carboxylic acids is 4. The van der Waals surface area contributed by atoms with Crippen LogP contribution in [-0.2, 0) is 30.5 Å². The number of esters is 1. The minimum Gasteiger partial charge on any atom is -1.00 e. The van der Waals surface area contributed by atoms with E-state index >= 15 is 0 Å².